The summed E-state index contributed by atoms with van der Waals surface area (Å²) < 4.78 is 0. The molecule has 0 spiro atoms. The first kappa shape index (κ1) is 14.2. The van der Waals surface area contributed by atoms with Crippen LogP contribution in [0.1, 0.15) is 0 Å². The summed E-state index contributed by atoms with van der Waals surface area (Å²) in [5.41, 5.74) is 2.66. The monoisotopic (exact) mass is 295 g/mol. The van der Waals surface area contributed by atoms with Gasteiger partial charge in [-0.1, -0.05) is 30.3 Å². The lowest BCUT2D eigenvalue weighted by molar-refractivity contribution is -0.116. The second-order valence-electron chi connectivity index (χ2n) is 5.34. The Morgan fingerprint density at radius 3 is 2.77 bits per heavy atom. The average molecular weight is 295 g/mol. The van der Waals surface area contributed by atoms with E-state index in [1.165, 1.54) is 0 Å². The molecule has 1 amide bonds. The number of hydrogen-bond acceptors (Lipinski definition) is 4. The largest absolute Gasteiger partial charge is 0.308 e. The Balaban J connectivity index is 1.94. The molecule has 6 nitrogen and oxygen atoms in total. The van der Waals surface area contributed by atoms with Gasteiger partial charge in [-0.15, -0.1) is 0 Å². The molecule has 2 aromatic heterocycles. The van der Waals surface area contributed by atoms with Crippen LogP contribution in [-0.2, 0) is 4.79 Å². The number of carbonyl (C=O) groups is 1. The summed E-state index contributed by atoms with van der Waals surface area (Å²) in [4.78, 5) is 18.1. The third-order valence-electron chi connectivity index (χ3n) is 3.23. The van der Waals surface area contributed by atoms with Crippen molar-refractivity contribution in [2.24, 2.45) is 0 Å². The Bertz CT molecular complexity index is 795. The van der Waals surface area contributed by atoms with Gasteiger partial charge in [0, 0.05) is 10.9 Å². The van der Waals surface area contributed by atoms with Gasteiger partial charge in [-0.3, -0.25) is 14.9 Å². The molecule has 3 aromatic rings. The van der Waals surface area contributed by atoms with Crippen molar-refractivity contribution in [1.29, 1.82) is 0 Å². The van der Waals surface area contributed by atoms with Crippen LogP contribution >= 0.6 is 0 Å². The third kappa shape index (κ3) is 2.96. The second-order valence-corrected chi connectivity index (χ2v) is 5.34. The number of carbonyl (C=O) groups excluding carboxylic acids is 1. The SMILES string of the molecule is CN(C)CC(=O)Nc1n[nH]c2cnc(-c3ccccc3)cc12. The molecule has 22 heavy (non-hydrogen) atoms. The molecule has 0 aliphatic carbocycles. The molecule has 0 saturated carbocycles. The van der Waals surface area contributed by atoms with Crippen LogP contribution in [0.2, 0.25) is 0 Å². The summed E-state index contributed by atoms with van der Waals surface area (Å²) in [5.74, 6) is 0.429. The Kier molecular flexibility index (Phi) is 3.84. The van der Waals surface area contributed by atoms with Crippen LogP contribution in [0, 0.1) is 0 Å². The summed E-state index contributed by atoms with van der Waals surface area (Å²) >= 11 is 0. The normalized spacial score (nSPS) is 11.0. The summed E-state index contributed by atoms with van der Waals surface area (Å²) in [5, 5.41) is 10.7. The van der Waals surface area contributed by atoms with Gasteiger partial charge in [-0.05, 0) is 20.2 Å². The number of rotatable bonds is 4. The van der Waals surface area contributed by atoms with E-state index in [1.54, 1.807) is 11.1 Å². The van der Waals surface area contributed by atoms with Gasteiger partial charge in [0.05, 0.1) is 24.0 Å². The van der Waals surface area contributed by atoms with Crippen molar-refractivity contribution < 1.29 is 4.79 Å². The Morgan fingerprint density at radius 1 is 1.27 bits per heavy atom. The van der Waals surface area contributed by atoms with Crippen LogP contribution in [-0.4, -0.2) is 46.6 Å². The fourth-order valence-corrected chi connectivity index (χ4v) is 2.24. The number of hydrogen-bond donors (Lipinski definition) is 2. The number of fused-ring (bicyclic) bond motifs is 1. The maximum Gasteiger partial charge on any atom is 0.239 e. The van der Waals surface area contributed by atoms with E-state index in [0.29, 0.717) is 12.4 Å². The lowest BCUT2D eigenvalue weighted by Crippen LogP contribution is -2.27. The zero-order chi connectivity index (χ0) is 15.5. The standard InChI is InChI=1S/C16H17N5O/c1-21(2)10-15(22)18-16-12-8-13(11-6-4-3-5-7-11)17-9-14(12)19-20-16/h3-9H,10H2,1-2H3,(H2,18,19,20,22). The summed E-state index contributed by atoms with van der Waals surface area (Å²) in [6.45, 7) is 0.310. The van der Waals surface area contributed by atoms with Crippen molar-refractivity contribution in [3.8, 4) is 11.3 Å². The summed E-state index contributed by atoms with van der Waals surface area (Å²) in [7, 11) is 3.69. The van der Waals surface area contributed by atoms with Crippen LogP contribution in [0.5, 0.6) is 0 Å². The van der Waals surface area contributed by atoms with E-state index in [1.807, 2.05) is 50.5 Å². The highest BCUT2D eigenvalue weighted by Gasteiger charge is 2.11. The van der Waals surface area contributed by atoms with E-state index in [4.69, 9.17) is 0 Å². The van der Waals surface area contributed by atoms with Crippen LogP contribution in [0.4, 0.5) is 5.82 Å². The number of nitrogens with zero attached hydrogens (tertiary/aromatic N) is 3. The van der Waals surface area contributed by atoms with Crippen molar-refractivity contribution in [3.05, 3.63) is 42.6 Å². The smallest absolute Gasteiger partial charge is 0.239 e. The highest BCUT2D eigenvalue weighted by atomic mass is 16.2. The maximum atomic E-state index is 11.9. The van der Waals surface area contributed by atoms with Crippen LogP contribution in [0.15, 0.2) is 42.6 Å². The molecule has 0 saturated heterocycles. The van der Waals surface area contributed by atoms with Gasteiger partial charge in [0.1, 0.15) is 0 Å². The van der Waals surface area contributed by atoms with Gasteiger partial charge < -0.3 is 10.2 Å². The van der Waals surface area contributed by atoms with E-state index in [9.17, 15) is 4.79 Å². The van der Waals surface area contributed by atoms with Crippen molar-refractivity contribution in [2.75, 3.05) is 26.0 Å². The quantitative estimate of drug-likeness (QED) is 0.773. The number of amides is 1. The van der Waals surface area contributed by atoms with E-state index in [2.05, 4.69) is 20.5 Å². The van der Waals surface area contributed by atoms with Gasteiger partial charge in [-0.2, -0.15) is 5.10 Å². The molecule has 0 aliphatic heterocycles. The van der Waals surface area contributed by atoms with Crippen molar-refractivity contribution in [3.63, 3.8) is 0 Å². The molecule has 0 unspecified atom stereocenters. The molecule has 3 rings (SSSR count). The molecule has 6 heteroatoms. The number of nitrogens with one attached hydrogen (secondary N) is 2. The lowest BCUT2D eigenvalue weighted by Gasteiger charge is -2.08. The molecular formula is C16H17N5O. The number of anilines is 1. The second kappa shape index (κ2) is 5.95. The Hall–Kier alpha value is -2.73. The lowest BCUT2D eigenvalue weighted by atomic mass is 10.1. The number of aromatic amines is 1. The first-order valence-corrected chi connectivity index (χ1v) is 6.97. The van der Waals surface area contributed by atoms with Crippen molar-refractivity contribution in [1.82, 2.24) is 20.1 Å². The molecule has 112 valence electrons. The Morgan fingerprint density at radius 2 is 2.05 bits per heavy atom. The molecule has 0 atom stereocenters. The number of benzene rings is 1. The number of H-pyrrole nitrogens is 1. The van der Waals surface area contributed by atoms with Gasteiger partial charge >= 0.3 is 0 Å². The predicted molar refractivity (Wildman–Crippen MR) is 86.5 cm³/mol. The molecule has 1 aromatic carbocycles. The van der Waals surface area contributed by atoms with Crippen molar-refractivity contribution in [2.45, 2.75) is 0 Å². The predicted octanol–water partition coefficient (Wildman–Crippen LogP) is 2.12. The molecule has 0 fully saturated rings. The first-order chi connectivity index (χ1) is 10.6. The molecule has 2 N–H and O–H groups in total. The minimum Gasteiger partial charge on any atom is -0.308 e. The van der Waals surface area contributed by atoms with Gasteiger partial charge in [-0.25, -0.2) is 0 Å². The zero-order valence-electron chi connectivity index (χ0n) is 12.5. The van der Waals surface area contributed by atoms with E-state index in [-0.39, 0.29) is 5.91 Å². The van der Waals surface area contributed by atoms with Crippen LogP contribution in [0.25, 0.3) is 22.2 Å². The molecular weight excluding hydrogens is 278 g/mol. The molecule has 2 heterocycles. The molecule has 0 aliphatic rings. The highest BCUT2D eigenvalue weighted by molar-refractivity contribution is 6.01. The minimum absolute atomic E-state index is 0.100. The number of aromatic nitrogens is 3. The zero-order valence-corrected chi connectivity index (χ0v) is 12.5. The third-order valence-corrected chi connectivity index (χ3v) is 3.23. The van der Waals surface area contributed by atoms with Gasteiger partial charge in [0.15, 0.2) is 5.82 Å². The van der Waals surface area contributed by atoms with Gasteiger partial charge in [0.2, 0.25) is 5.91 Å². The minimum atomic E-state index is -0.100. The molecule has 0 bridgehead atoms. The highest BCUT2D eigenvalue weighted by Crippen LogP contribution is 2.25. The first-order valence-electron chi connectivity index (χ1n) is 6.97. The van der Waals surface area contributed by atoms with Gasteiger partial charge in [0.25, 0.3) is 0 Å². The number of pyridine rings is 1. The van der Waals surface area contributed by atoms with Crippen molar-refractivity contribution >= 4 is 22.6 Å². The summed E-state index contributed by atoms with van der Waals surface area (Å²) in [6, 6.07) is 11.8. The topological polar surface area (TPSA) is 73.9 Å². The summed E-state index contributed by atoms with van der Waals surface area (Å²) in [6.07, 6.45) is 1.73. The van der Waals surface area contributed by atoms with Crippen LogP contribution < -0.4 is 5.32 Å². The number of likely N-dealkylation sites (N-methyl/N-ethyl adjacent to an activating group) is 1. The van der Waals surface area contributed by atoms with E-state index in [0.717, 1.165) is 22.2 Å². The average Bonchev–Trinajstić information content (AvgIpc) is 2.89. The fraction of sp³-hybridized carbons (Fsp3) is 0.188. The maximum absolute atomic E-state index is 11.9. The van der Waals surface area contributed by atoms with E-state index >= 15 is 0 Å². The van der Waals surface area contributed by atoms with Crippen LogP contribution in [0.3, 0.4) is 0 Å². The molecule has 0 radical (unpaired) electrons. The Labute approximate surface area is 128 Å². The van der Waals surface area contributed by atoms with E-state index < -0.39 is 0 Å². The fourth-order valence-electron chi connectivity index (χ4n) is 2.24.